The summed E-state index contributed by atoms with van der Waals surface area (Å²) in [7, 11) is 1.74. The molecule has 0 spiro atoms. The summed E-state index contributed by atoms with van der Waals surface area (Å²) in [6, 6.07) is 7.38. The highest BCUT2D eigenvalue weighted by Gasteiger charge is 2.10. The molecule has 3 aromatic rings. The summed E-state index contributed by atoms with van der Waals surface area (Å²) in [5.41, 5.74) is 2.04. The van der Waals surface area contributed by atoms with Crippen LogP contribution in [0.1, 0.15) is 22.8 Å². The number of hydrogen-bond acceptors (Lipinski definition) is 6. The number of aromatic nitrogens is 4. The summed E-state index contributed by atoms with van der Waals surface area (Å²) < 4.78 is 6.47. The van der Waals surface area contributed by atoms with Crippen molar-refractivity contribution in [1.82, 2.24) is 19.9 Å². The zero-order valence-corrected chi connectivity index (χ0v) is 14.5. The molecule has 0 fully saturated rings. The van der Waals surface area contributed by atoms with E-state index in [2.05, 4.69) is 20.6 Å². The molecule has 0 aliphatic carbocycles. The third-order valence-corrected chi connectivity index (χ3v) is 3.87. The summed E-state index contributed by atoms with van der Waals surface area (Å²) in [5.74, 6) is 0.725. The molecule has 3 rings (SSSR count). The third-order valence-electron chi connectivity index (χ3n) is 3.62. The number of hydrogen-bond donors (Lipinski definition) is 1. The van der Waals surface area contributed by atoms with Crippen molar-refractivity contribution in [2.75, 3.05) is 12.4 Å². The standard InChI is InChI=1S/C17H16ClN5O2/c1-11-14(19-2)9-20-23(17(11)24)10-16-21-15(22-25-16)8-5-12-3-6-13(18)7-4-12/h3-9,19H,10H2,1-2H3/b8-5+. The Morgan fingerprint density at radius 2 is 2.04 bits per heavy atom. The average molecular weight is 358 g/mol. The predicted molar refractivity (Wildman–Crippen MR) is 96.6 cm³/mol. The highest BCUT2D eigenvalue weighted by Crippen LogP contribution is 2.12. The summed E-state index contributed by atoms with van der Waals surface area (Å²) in [6.07, 6.45) is 5.16. The minimum absolute atomic E-state index is 0.117. The van der Waals surface area contributed by atoms with Gasteiger partial charge in [0, 0.05) is 17.6 Å². The lowest BCUT2D eigenvalue weighted by Gasteiger charge is -2.06. The Labute approximate surface area is 148 Å². The smallest absolute Gasteiger partial charge is 0.272 e. The van der Waals surface area contributed by atoms with Crippen LogP contribution in [0, 0.1) is 6.92 Å². The van der Waals surface area contributed by atoms with Crippen LogP contribution in [-0.4, -0.2) is 27.0 Å². The Morgan fingerprint density at radius 3 is 2.76 bits per heavy atom. The zero-order chi connectivity index (χ0) is 17.8. The molecular formula is C17H16ClN5O2. The molecule has 0 saturated carbocycles. The first kappa shape index (κ1) is 16.9. The fourth-order valence-corrected chi connectivity index (χ4v) is 2.35. The largest absolute Gasteiger partial charge is 0.386 e. The zero-order valence-electron chi connectivity index (χ0n) is 13.7. The predicted octanol–water partition coefficient (Wildman–Crippen LogP) is 2.85. The number of nitrogens with one attached hydrogen (secondary N) is 1. The lowest BCUT2D eigenvalue weighted by atomic mass is 10.2. The van der Waals surface area contributed by atoms with Gasteiger partial charge in [0.2, 0.25) is 5.89 Å². The first-order valence-corrected chi connectivity index (χ1v) is 7.95. The van der Waals surface area contributed by atoms with Crippen molar-refractivity contribution in [2.45, 2.75) is 13.5 Å². The lowest BCUT2D eigenvalue weighted by molar-refractivity contribution is 0.361. The van der Waals surface area contributed by atoms with Gasteiger partial charge >= 0.3 is 0 Å². The lowest BCUT2D eigenvalue weighted by Crippen LogP contribution is -2.26. The van der Waals surface area contributed by atoms with Crippen molar-refractivity contribution < 1.29 is 4.52 Å². The molecule has 0 aliphatic rings. The van der Waals surface area contributed by atoms with Crippen LogP contribution in [0.5, 0.6) is 0 Å². The van der Waals surface area contributed by atoms with Crippen molar-refractivity contribution in [3.63, 3.8) is 0 Å². The summed E-state index contributed by atoms with van der Waals surface area (Å²) in [4.78, 5) is 16.5. The fourth-order valence-electron chi connectivity index (χ4n) is 2.22. The van der Waals surface area contributed by atoms with Gasteiger partial charge in [-0.3, -0.25) is 4.79 Å². The van der Waals surface area contributed by atoms with E-state index < -0.39 is 0 Å². The number of rotatable bonds is 5. The normalized spacial score (nSPS) is 11.2. The van der Waals surface area contributed by atoms with E-state index in [0.717, 1.165) is 5.56 Å². The molecular weight excluding hydrogens is 342 g/mol. The molecule has 1 aromatic carbocycles. The Bertz CT molecular complexity index is 960. The molecule has 25 heavy (non-hydrogen) atoms. The summed E-state index contributed by atoms with van der Waals surface area (Å²) in [6.45, 7) is 1.85. The second-order valence-corrected chi connectivity index (χ2v) is 5.76. The van der Waals surface area contributed by atoms with E-state index in [4.69, 9.17) is 16.1 Å². The van der Waals surface area contributed by atoms with Crippen LogP contribution < -0.4 is 10.9 Å². The minimum Gasteiger partial charge on any atom is -0.386 e. The van der Waals surface area contributed by atoms with Gasteiger partial charge in [-0.2, -0.15) is 10.1 Å². The first-order chi connectivity index (χ1) is 12.1. The number of anilines is 1. The van der Waals surface area contributed by atoms with Crippen molar-refractivity contribution in [1.29, 1.82) is 0 Å². The Balaban J connectivity index is 1.75. The van der Waals surface area contributed by atoms with Crippen molar-refractivity contribution >= 4 is 29.4 Å². The Hall–Kier alpha value is -2.93. The van der Waals surface area contributed by atoms with Gasteiger partial charge in [-0.15, -0.1) is 0 Å². The molecule has 0 bridgehead atoms. The number of benzene rings is 1. The molecule has 7 nitrogen and oxygen atoms in total. The Kier molecular flexibility index (Phi) is 4.95. The van der Waals surface area contributed by atoms with Gasteiger partial charge in [-0.25, -0.2) is 4.68 Å². The highest BCUT2D eigenvalue weighted by molar-refractivity contribution is 6.30. The molecule has 128 valence electrons. The topological polar surface area (TPSA) is 85.8 Å². The van der Waals surface area contributed by atoms with E-state index in [1.165, 1.54) is 4.68 Å². The van der Waals surface area contributed by atoms with Crippen LogP contribution in [0.2, 0.25) is 5.02 Å². The molecule has 0 amide bonds. The van der Waals surface area contributed by atoms with Crippen molar-refractivity contribution in [3.8, 4) is 0 Å². The molecule has 0 aliphatic heterocycles. The van der Waals surface area contributed by atoms with E-state index in [0.29, 0.717) is 28.0 Å². The van der Waals surface area contributed by atoms with Crippen LogP contribution >= 0.6 is 11.6 Å². The van der Waals surface area contributed by atoms with E-state index in [1.54, 1.807) is 38.4 Å². The maximum absolute atomic E-state index is 12.2. The second kappa shape index (κ2) is 7.31. The molecule has 0 atom stereocenters. The fraction of sp³-hybridized carbons (Fsp3) is 0.176. The maximum Gasteiger partial charge on any atom is 0.272 e. The van der Waals surface area contributed by atoms with Crippen molar-refractivity contribution in [2.24, 2.45) is 0 Å². The third kappa shape index (κ3) is 3.95. The van der Waals surface area contributed by atoms with Crippen LogP contribution in [0.3, 0.4) is 0 Å². The van der Waals surface area contributed by atoms with Gasteiger partial charge in [-0.05, 0) is 30.7 Å². The van der Waals surface area contributed by atoms with E-state index >= 15 is 0 Å². The van der Waals surface area contributed by atoms with Crippen LogP contribution in [0.25, 0.3) is 12.2 Å². The van der Waals surface area contributed by atoms with Crippen LogP contribution in [0.15, 0.2) is 39.8 Å². The minimum atomic E-state index is -0.205. The maximum atomic E-state index is 12.2. The molecule has 1 N–H and O–H groups in total. The molecule has 2 heterocycles. The van der Waals surface area contributed by atoms with E-state index in [-0.39, 0.29) is 12.1 Å². The van der Waals surface area contributed by atoms with Crippen molar-refractivity contribution in [3.05, 3.63) is 68.7 Å². The highest BCUT2D eigenvalue weighted by atomic mass is 35.5. The summed E-state index contributed by atoms with van der Waals surface area (Å²) in [5, 5.41) is 11.6. The first-order valence-electron chi connectivity index (χ1n) is 7.57. The van der Waals surface area contributed by atoms with E-state index in [1.807, 2.05) is 18.2 Å². The van der Waals surface area contributed by atoms with Crippen LogP contribution in [0.4, 0.5) is 5.69 Å². The molecule has 0 radical (unpaired) electrons. The van der Waals surface area contributed by atoms with Gasteiger partial charge in [0.1, 0.15) is 6.54 Å². The number of nitrogens with zero attached hydrogens (tertiary/aromatic N) is 4. The molecule has 2 aromatic heterocycles. The van der Waals surface area contributed by atoms with Gasteiger partial charge < -0.3 is 9.84 Å². The van der Waals surface area contributed by atoms with Gasteiger partial charge in [-0.1, -0.05) is 35.0 Å². The van der Waals surface area contributed by atoms with E-state index in [9.17, 15) is 4.79 Å². The van der Waals surface area contributed by atoms with Gasteiger partial charge in [0.15, 0.2) is 5.82 Å². The van der Waals surface area contributed by atoms with Crippen LogP contribution in [-0.2, 0) is 6.54 Å². The van der Waals surface area contributed by atoms with Gasteiger partial charge in [0.05, 0.1) is 11.9 Å². The molecule has 0 saturated heterocycles. The average Bonchev–Trinajstić information content (AvgIpc) is 3.06. The second-order valence-electron chi connectivity index (χ2n) is 5.33. The summed E-state index contributed by atoms with van der Waals surface area (Å²) >= 11 is 5.85. The molecule has 0 unspecified atom stereocenters. The number of halogens is 1. The Morgan fingerprint density at radius 1 is 1.28 bits per heavy atom. The SMILES string of the molecule is CNc1cnn(Cc2nc(/C=C/c3ccc(Cl)cc3)no2)c(=O)c1C. The van der Waals surface area contributed by atoms with Gasteiger partial charge in [0.25, 0.3) is 5.56 Å². The monoisotopic (exact) mass is 357 g/mol. The molecule has 8 heteroatoms. The quantitative estimate of drug-likeness (QED) is 0.755.